The Balaban J connectivity index is 1.17. The Bertz CT molecular complexity index is 1020. The smallest absolute Gasteiger partial charge is 0.251 e. The number of ether oxygens (including phenoxy) is 1. The summed E-state index contributed by atoms with van der Waals surface area (Å²) in [5.74, 6) is 0.756. The molecule has 0 bridgehead atoms. The van der Waals surface area contributed by atoms with Crippen LogP contribution in [0.5, 0.6) is 5.75 Å². The minimum Gasteiger partial charge on any atom is -0.490 e. The molecule has 0 aliphatic carbocycles. The van der Waals surface area contributed by atoms with Gasteiger partial charge in [0.25, 0.3) is 5.91 Å². The molecular formula is C27H34N4O2. The predicted molar refractivity (Wildman–Crippen MR) is 131 cm³/mol. The number of carbonyl (C=O) groups excluding carboxylic acids is 1. The number of amides is 1. The van der Waals surface area contributed by atoms with E-state index in [2.05, 4.69) is 45.6 Å². The van der Waals surface area contributed by atoms with Crippen LogP contribution in [0.1, 0.15) is 40.2 Å². The molecule has 1 aliphatic rings. The third-order valence-corrected chi connectivity index (χ3v) is 6.23. The highest BCUT2D eigenvalue weighted by molar-refractivity contribution is 5.94. The second-order valence-corrected chi connectivity index (χ2v) is 8.82. The third-order valence-electron chi connectivity index (χ3n) is 6.23. The molecule has 0 saturated carbocycles. The lowest BCUT2D eigenvalue weighted by Crippen LogP contribution is -2.39. The summed E-state index contributed by atoms with van der Waals surface area (Å²) in [5, 5.41) is 7.39. The van der Waals surface area contributed by atoms with Gasteiger partial charge in [0.15, 0.2) is 0 Å². The van der Waals surface area contributed by atoms with Crippen LogP contribution in [-0.4, -0.2) is 52.9 Å². The van der Waals surface area contributed by atoms with Crippen LogP contribution < -0.4 is 10.1 Å². The third kappa shape index (κ3) is 6.68. The van der Waals surface area contributed by atoms with E-state index < -0.39 is 0 Å². The second kappa shape index (κ2) is 11.1. The lowest BCUT2D eigenvalue weighted by atomic mass is 10.1. The first-order valence-electron chi connectivity index (χ1n) is 11.9. The van der Waals surface area contributed by atoms with E-state index in [4.69, 9.17) is 4.74 Å². The van der Waals surface area contributed by atoms with Gasteiger partial charge >= 0.3 is 0 Å². The molecule has 6 heteroatoms. The minimum absolute atomic E-state index is 0.0743. The average molecular weight is 447 g/mol. The zero-order valence-electron chi connectivity index (χ0n) is 19.7. The quantitative estimate of drug-likeness (QED) is 0.539. The number of carbonyl (C=O) groups is 1. The van der Waals surface area contributed by atoms with Gasteiger partial charge in [0.1, 0.15) is 11.9 Å². The Kier molecular flexibility index (Phi) is 7.79. The van der Waals surface area contributed by atoms with Gasteiger partial charge < -0.3 is 15.0 Å². The van der Waals surface area contributed by atoms with Gasteiger partial charge in [-0.2, -0.15) is 5.10 Å². The van der Waals surface area contributed by atoms with Crippen LogP contribution in [0.15, 0.2) is 60.7 Å². The van der Waals surface area contributed by atoms with Crippen molar-refractivity contribution in [3.63, 3.8) is 0 Å². The minimum atomic E-state index is -0.0743. The summed E-state index contributed by atoms with van der Waals surface area (Å²) in [6.07, 6.45) is 3.39. The summed E-state index contributed by atoms with van der Waals surface area (Å²) in [4.78, 5) is 15.0. The van der Waals surface area contributed by atoms with Crippen LogP contribution in [0.3, 0.4) is 0 Å². The van der Waals surface area contributed by atoms with Gasteiger partial charge in [0.2, 0.25) is 0 Å². The van der Waals surface area contributed by atoms with Crippen molar-refractivity contribution in [1.29, 1.82) is 0 Å². The largest absolute Gasteiger partial charge is 0.490 e. The number of likely N-dealkylation sites (tertiary alicyclic amines) is 1. The fraction of sp³-hybridized carbons (Fsp3) is 0.407. The number of hydrogen-bond acceptors (Lipinski definition) is 4. The summed E-state index contributed by atoms with van der Waals surface area (Å²) in [6, 6.07) is 20.2. The molecule has 0 atom stereocenters. The van der Waals surface area contributed by atoms with E-state index >= 15 is 0 Å². The SMILES string of the molecule is Cc1cc(C)n(CCNC(=O)c2ccc(OC3CCN(CCc4ccccc4)CC3)cc2)n1. The highest BCUT2D eigenvalue weighted by atomic mass is 16.5. The van der Waals surface area contributed by atoms with Crippen molar-refractivity contribution in [2.75, 3.05) is 26.2 Å². The van der Waals surface area contributed by atoms with Gasteiger partial charge in [-0.1, -0.05) is 30.3 Å². The van der Waals surface area contributed by atoms with E-state index in [0.717, 1.165) is 56.0 Å². The zero-order chi connectivity index (χ0) is 23.0. The summed E-state index contributed by atoms with van der Waals surface area (Å²) in [7, 11) is 0. The molecule has 1 saturated heterocycles. The van der Waals surface area contributed by atoms with E-state index in [0.29, 0.717) is 18.7 Å². The van der Waals surface area contributed by atoms with Crippen LogP contribution >= 0.6 is 0 Å². The average Bonchev–Trinajstić information content (AvgIpc) is 3.16. The van der Waals surface area contributed by atoms with Gasteiger partial charge in [0.05, 0.1) is 12.2 Å². The molecule has 0 unspecified atom stereocenters. The standard InChI is InChI=1S/C27H34N4O2/c1-21-20-22(2)31(29-21)19-15-28-27(32)24-8-10-25(11-9-24)33-26-13-17-30(18-14-26)16-12-23-6-4-3-5-7-23/h3-11,20,26H,12-19H2,1-2H3,(H,28,32). The molecule has 0 spiro atoms. The van der Waals surface area contributed by atoms with Crippen molar-refractivity contribution in [3.05, 3.63) is 83.2 Å². The molecule has 1 aliphatic heterocycles. The van der Waals surface area contributed by atoms with E-state index in [1.165, 1.54) is 5.56 Å². The Morgan fingerprint density at radius 1 is 1.03 bits per heavy atom. The maximum absolute atomic E-state index is 12.4. The molecule has 1 N–H and O–H groups in total. The highest BCUT2D eigenvalue weighted by Crippen LogP contribution is 2.20. The molecule has 33 heavy (non-hydrogen) atoms. The maximum atomic E-state index is 12.4. The monoisotopic (exact) mass is 446 g/mol. The molecule has 1 aromatic heterocycles. The fourth-order valence-corrected chi connectivity index (χ4v) is 4.34. The lowest BCUT2D eigenvalue weighted by molar-refractivity contribution is 0.0951. The van der Waals surface area contributed by atoms with Crippen molar-refractivity contribution in [2.24, 2.45) is 0 Å². The molecule has 2 heterocycles. The van der Waals surface area contributed by atoms with Gasteiger partial charge in [0, 0.05) is 37.4 Å². The maximum Gasteiger partial charge on any atom is 0.251 e. The first-order valence-corrected chi connectivity index (χ1v) is 11.9. The van der Waals surface area contributed by atoms with Crippen LogP contribution in [0.4, 0.5) is 0 Å². The van der Waals surface area contributed by atoms with Gasteiger partial charge in [-0.25, -0.2) is 0 Å². The Morgan fingerprint density at radius 2 is 1.76 bits per heavy atom. The number of nitrogens with one attached hydrogen (secondary N) is 1. The van der Waals surface area contributed by atoms with Crippen LogP contribution in [0.25, 0.3) is 0 Å². The number of aromatic nitrogens is 2. The molecule has 174 valence electrons. The van der Waals surface area contributed by atoms with Gasteiger partial charge in [-0.15, -0.1) is 0 Å². The molecule has 3 aromatic rings. The van der Waals surface area contributed by atoms with Crippen LogP contribution in [-0.2, 0) is 13.0 Å². The Morgan fingerprint density at radius 3 is 2.42 bits per heavy atom. The van der Waals surface area contributed by atoms with Crippen molar-refractivity contribution in [3.8, 4) is 5.75 Å². The number of aryl methyl sites for hydroxylation is 2. The molecule has 1 amide bonds. The van der Waals surface area contributed by atoms with Crippen LogP contribution in [0, 0.1) is 13.8 Å². The first kappa shape index (κ1) is 23.1. The number of hydrogen-bond donors (Lipinski definition) is 1. The predicted octanol–water partition coefficient (Wildman–Crippen LogP) is 4.02. The van der Waals surface area contributed by atoms with E-state index in [1.807, 2.05) is 48.9 Å². The van der Waals surface area contributed by atoms with Crippen LogP contribution in [0.2, 0.25) is 0 Å². The summed E-state index contributed by atoms with van der Waals surface area (Å²) >= 11 is 0. The zero-order valence-corrected chi connectivity index (χ0v) is 19.7. The van der Waals surface area contributed by atoms with E-state index in [9.17, 15) is 4.79 Å². The number of benzene rings is 2. The Labute approximate surface area is 196 Å². The fourth-order valence-electron chi connectivity index (χ4n) is 4.34. The normalized spacial score (nSPS) is 14.8. The van der Waals surface area contributed by atoms with Crippen molar-refractivity contribution in [1.82, 2.24) is 20.0 Å². The number of piperidine rings is 1. The van der Waals surface area contributed by atoms with Gasteiger partial charge in [-0.3, -0.25) is 9.48 Å². The Hall–Kier alpha value is -3.12. The number of nitrogens with zero attached hydrogens (tertiary/aromatic N) is 3. The lowest BCUT2D eigenvalue weighted by Gasteiger charge is -2.32. The molecule has 0 radical (unpaired) electrons. The topological polar surface area (TPSA) is 59.4 Å². The van der Waals surface area contributed by atoms with Gasteiger partial charge in [-0.05, 0) is 69.0 Å². The number of rotatable bonds is 9. The summed E-state index contributed by atoms with van der Waals surface area (Å²) in [6.45, 7) is 8.43. The molecule has 1 fully saturated rings. The molecule has 6 nitrogen and oxygen atoms in total. The molecule has 4 rings (SSSR count). The van der Waals surface area contributed by atoms with E-state index in [-0.39, 0.29) is 12.0 Å². The van der Waals surface area contributed by atoms with E-state index in [1.54, 1.807) is 0 Å². The van der Waals surface area contributed by atoms with Crippen molar-refractivity contribution in [2.45, 2.75) is 45.8 Å². The summed E-state index contributed by atoms with van der Waals surface area (Å²) < 4.78 is 8.10. The second-order valence-electron chi connectivity index (χ2n) is 8.82. The van der Waals surface area contributed by atoms with Crippen molar-refractivity contribution < 1.29 is 9.53 Å². The highest BCUT2D eigenvalue weighted by Gasteiger charge is 2.20. The molecular weight excluding hydrogens is 412 g/mol. The summed E-state index contributed by atoms with van der Waals surface area (Å²) in [5.41, 5.74) is 4.13. The first-order chi connectivity index (χ1) is 16.1. The van der Waals surface area contributed by atoms with Crippen molar-refractivity contribution >= 4 is 5.91 Å². The molecule has 2 aromatic carbocycles.